The molecular weight excluding hydrogens is 275 g/mol. The van der Waals surface area contributed by atoms with Gasteiger partial charge in [-0.3, -0.25) is 4.68 Å². The first-order chi connectivity index (χ1) is 10.3. The Labute approximate surface area is 131 Å². The van der Waals surface area contributed by atoms with E-state index in [2.05, 4.69) is 36.0 Å². The fourth-order valence-corrected chi connectivity index (χ4v) is 7.72. The van der Waals surface area contributed by atoms with Gasteiger partial charge in [-0.05, 0) is 50.8 Å². The zero-order valence-corrected chi connectivity index (χ0v) is 14.6. The summed E-state index contributed by atoms with van der Waals surface area (Å²) in [6, 6.07) is 0.438. The Morgan fingerprint density at radius 3 is 1.95 bits per heavy atom. The van der Waals surface area contributed by atoms with Crippen molar-refractivity contribution in [2.24, 2.45) is 0 Å². The van der Waals surface area contributed by atoms with Crippen molar-refractivity contribution in [3.63, 3.8) is 0 Å². The van der Waals surface area contributed by atoms with E-state index in [4.69, 9.17) is 0 Å². The van der Waals surface area contributed by atoms with Crippen molar-refractivity contribution >= 4 is 13.2 Å². The van der Waals surface area contributed by atoms with Gasteiger partial charge in [0.25, 0.3) is 0 Å². The van der Waals surface area contributed by atoms with Gasteiger partial charge in [-0.1, -0.05) is 46.4 Å². The minimum atomic E-state index is -0.0349. The van der Waals surface area contributed by atoms with Gasteiger partial charge in [0.2, 0.25) is 0 Å². The Balaban J connectivity index is 1.82. The molecule has 0 aliphatic heterocycles. The summed E-state index contributed by atoms with van der Waals surface area (Å²) >= 11 is 0. The van der Waals surface area contributed by atoms with Gasteiger partial charge in [-0.25, -0.2) is 0 Å². The number of hydrogen-bond acceptors (Lipinski definition) is 1. The Morgan fingerprint density at radius 2 is 1.52 bits per heavy atom. The molecule has 1 aromatic rings. The highest BCUT2D eigenvalue weighted by atomic mass is 31.1. The lowest BCUT2D eigenvalue weighted by Crippen LogP contribution is -2.26. The lowest BCUT2D eigenvalue weighted by Gasteiger charge is -2.37. The highest BCUT2D eigenvalue weighted by molar-refractivity contribution is 7.67. The van der Waals surface area contributed by atoms with Crippen molar-refractivity contribution in [1.82, 2.24) is 9.78 Å². The molecular formula is C18H30N2P. The van der Waals surface area contributed by atoms with Gasteiger partial charge >= 0.3 is 0 Å². The van der Waals surface area contributed by atoms with Crippen LogP contribution >= 0.6 is 7.92 Å². The summed E-state index contributed by atoms with van der Waals surface area (Å²) in [5.41, 5.74) is 1.91. The smallest absolute Gasteiger partial charge is 0.0949 e. The lowest BCUT2D eigenvalue weighted by molar-refractivity contribution is 0.487. The van der Waals surface area contributed by atoms with E-state index in [-0.39, 0.29) is 7.92 Å². The topological polar surface area (TPSA) is 17.8 Å². The molecule has 0 N–H and O–H groups in total. The van der Waals surface area contributed by atoms with Crippen LogP contribution in [0.15, 0.2) is 6.20 Å². The van der Waals surface area contributed by atoms with Crippen molar-refractivity contribution in [2.45, 2.75) is 95.4 Å². The first kappa shape index (κ1) is 15.5. The summed E-state index contributed by atoms with van der Waals surface area (Å²) in [6.45, 7) is 4.41. The van der Waals surface area contributed by atoms with Crippen LogP contribution in [-0.4, -0.2) is 21.1 Å². The molecule has 1 radical (unpaired) electrons. The first-order valence-corrected chi connectivity index (χ1v) is 10.5. The highest BCUT2D eigenvalue weighted by Crippen LogP contribution is 2.54. The van der Waals surface area contributed by atoms with Crippen molar-refractivity contribution in [3.8, 4) is 0 Å². The molecule has 1 heterocycles. The molecule has 2 nitrogen and oxygen atoms in total. The zero-order valence-electron chi connectivity index (χ0n) is 13.7. The molecule has 2 aliphatic rings. The molecule has 0 amide bonds. The molecule has 117 valence electrons. The second-order valence-electron chi connectivity index (χ2n) is 7.17. The molecule has 0 bridgehead atoms. The summed E-state index contributed by atoms with van der Waals surface area (Å²) < 4.78 is 2.05. The molecule has 2 fully saturated rings. The van der Waals surface area contributed by atoms with Crippen molar-refractivity contribution in [1.29, 1.82) is 0 Å². The number of rotatable bonds is 4. The van der Waals surface area contributed by atoms with Gasteiger partial charge in [0.15, 0.2) is 0 Å². The van der Waals surface area contributed by atoms with Crippen LogP contribution in [-0.2, 0) is 0 Å². The third-order valence-electron chi connectivity index (χ3n) is 5.24. The maximum absolute atomic E-state index is 4.60. The van der Waals surface area contributed by atoms with E-state index in [0.29, 0.717) is 6.04 Å². The molecule has 0 aromatic carbocycles. The minimum Gasteiger partial charge on any atom is -0.260 e. The molecule has 0 unspecified atom stereocenters. The van der Waals surface area contributed by atoms with E-state index < -0.39 is 0 Å². The monoisotopic (exact) mass is 305 g/mol. The van der Waals surface area contributed by atoms with Crippen LogP contribution in [0.2, 0.25) is 0 Å². The van der Waals surface area contributed by atoms with Crippen LogP contribution in [0.3, 0.4) is 0 Å². The maximum Gasteiger partial charge on any atom is 0.0949 e. The summed E-state index contributed by atoms with van der Waals surface area (Å²) in [7, 11) is -0.0349. The van der Waals surface area contributed by atoms with Crippen molar-refractivity contribution in [3.05, 3.63) is 12.4 Å². The molecule has 1 aromatic heterocycles. The van der Waals surface area contributed by atoms with Gasteiger partial charge < -0.3 is 0 Å². The van der Waals surface area contributed by atoms with Crippen LogP contribution in [0.5, 0.6) is 0 Å². The minimum absolute atomic E-state index is 0.0349. The number of hydrogen-bond donors (Lipinski definition) is 0. The third-order valence-corrected chi connectivity index (χ3v) is 8.62. The molecule has 2 aliphatic carbocycles. The molecule has 2 saturated carbocycles. The standard InChI is InChI=1S/C18H30N2P/c1-15(2)20-14-18(13-19-20)21(16-9-5-3-6-10-16)17-11-7-4-8-12-17/h13,15-17H,3-12H2,1-2H3. The Bertz CT molecular complexity index is 410. The SMILES string of the molecule is CC(C)n1[c]c(P(C2CCCCC2)C2CCCCC2)cn1. The predicted octanol–water partition coefficient (Wildman–Crippen LogP) is 5.04. The van der Waals surface area contributed by atoms with E-state index in [0.717, 1.165) is 11.3 Å². The highest BCUT2D eigenvalue weighted by Gasteiger charge is 2.33. The molecule has 3 heteroatoms. The molecule has 0 atom stereocenters. The second kappa shape index (κ2) is 7.27. The lowest BCUT2D eigenvalue weighted by atomic mass is 9.99. The predicted molar refractivity (Wildman–Crippen MR) is 91.7 cm³/mol. The van der Waals surface area contributed by atoms with E-state index in [1.54, 1.807) is 0 Å². The third kappa shape index (κ3) is 3.70. The summed E-state index contributed by atoms with van der Waals surface area (Å²) in [6.07, 6.45) is 20.4. The van der Waals surface area contributed by atoms with Gasteiger partial charge in [0.05, 0.1) is 12.4 Å². The van der Waals surface area contributed by atoms with Gasteiger partial charge in [-0.2, -0.15) is 5.10 Å². The average Bonchev–Trinajstić information content (AvgIpc) is 3.00. The van der Waals surface area contributed by atoms with E-state index in [1.807, 2.05) is 0 Å². The van der Waals surface area contributed by atoms with Gasteiger partial charge in [0, 0.05) is 11.3 Å². The normalized spacial score (nSPS) is 22.3. The van der Waals surface area contributed by atoms with Gasteiger partial charge in [0.1, 0.15) is 0 Å². The largest absolute Gasteiger partial charge is 0.260 e. The Kier molecular flexibility index (Phi) is 5.38. The maximum atomic E-state index is 4.60. The molecule has 3 rings (SSSR count). The number of aromatic nitrogens is 2. The molecule has 0 saturated heterocycles. The van der Waals surface area contributed by atoms with Crippen LogP contribution in [0.25, 0.3) is 0 Å². The van der Waals surface area contributed by atoms with Crippen molar-refractivity contribution < 1.29 is 0 Å². The van der Waals surface area contributed by atoms with Gasteiger partial charge in [-0.15, -0.1) is 0 Å². The Hall–Kier alpha value is -0.360. The van der Waals surface area contributed by atoms with E-state index in [1.165, 1.54) is 69.5 Å². The van der Waals surface area contributed by atoms with Crippen molar-refractivity contribution in [2.75, 3.05) is 0 Å². The fourth-order valence-electron chi connectivity index (χ4n) is 4.09. The second-order valence-corrected chi connectivity index (χ2v) is 9.93. The summed E-state index contributed by atoms with van der Waals surface area (Å²) in [5.74, 6) is 0. The quantitative estimate of drug-likeness (QED) is 0.713. The van der Waals surface area contributed by atoms with Crippen LogP contribution in [0.4, 0.5) is 0 Å². The zero-order chi connectivity index (χ0) is 14.7. The molecule has 0 spiro atoms. The molecule has 21 heavy (non-hydrogen) atoms. The Morgan fingerprint density at radius 1 is 1.00 bits per heavy atom. The van der Waals surface area contributed by atoms with Crippen LogP contribution in [0, 0.1) is 6.20 Å². The fraction of sp³-hybridized carbons (Fsp3) is 0.833. The first-order valence-electron chi connectivity index (χ1n) is 9.01. The van der Waals surface area contributed by atoms with Crippen LogP contribution < -0.4 is 5.30 Å². The van der Waals surface area contributed by atoms with E-state index >= 15 is 0 Å². The average molecular weight is 305 g/mol. The summed E-state index contributed by atoms with van der Waals surface area (Å²) in [5, 5.41) is 6.09. The number of nitrogens with zero attached hydrogens (tertiary/aromatic N) is 2. The van der Waals surface area contributed by atoms with E-state index in [9.17, 15) is 0 Å². The summed E-state index contributed by atoms with van der Waals surface area (Å²) in [4.78, 5) is 0. The van der Waals surface area contributed by atoms with Crippen LogP contribution in [0.1, 0.15) is 84.1 Å².